The fourth-order valence-electron chi connectivity index (χ4n) is 0.129. The molecule has 2 atom stereocenters. The topological polar surface area (TPSA) is 72.3 Å². The average molecular weight is 162 g/mol. The maximum atomic E-state index is 8.21. The summed E-state index contributed by atoms with van der Waals surface area (Å²) in [5.41, 5.74) is 10.5. The minimum atomic E-state index is -0.00926. The third-order valence-electron chi connectivity index (χ3n) is 1.40. The molecule has 0 aliphatic carbocycles. The van der Waals surface area contributed by atoms with Crippen LogP contribution in [0.15, 0.2) is 0 Å². The van der Waals surface area contributed by atoms with Crippen molar-refractivity contribution in [2.24, 2.45) is 11.5 Å². The van der Waals surface area contributed by atoms with Crippen molar-refractivity contribution in [2.45, 2.75) is 45.7 Å². The van der Waals surface area contributed by atoms with Crippen LogP contribution in [-0.2, 0) is 0 Å². The van der Waals surface area contributed by atoms with Crippen molar-refractivity contribution in [3.63, 3.8) is 0 Å². The van der Waals surface area contributed by atoms with Gasteiger partial charge in [-0.1, -0.05) is 13.8 Å². The van der Waals surface area contributed by atoms with Gasteiger partial charge in [0.05, 0.1) is 6.61 Å². The second kappa shape index (κ2) is 9.88. The molecule has 0 aliphatic heterocycles. The molecule has 0 aliphatic rings. The number of hydrogen-bond acceptors (Lipinski definition) is 3. The summed E-state index contributed by atoms with van der Waals surface area (Å²) in [4.78, 5) is 0. The van der Waals surface area contributed by atoms with Crippen LogP contribution in [-0.4, -0.2) is 23.8 Å². The van der Waals surface area contributed by atoms with Crippen molar-refractivity contribution in [2.75, 3.05) is 6.61 Å². The summed E-state index contributed by atoms with van der Waals surface area (Å²) < 4.78 is 0. The van der Waals surface area contributed by atoms with Gasteiger partial charge >= 0.3 is 0 Å². The molecule has 0 aromatic rings. The fraction of sp³-hybridized carbons (Fsp3) is 1.00. The molecule has 5 N–H and O–H groups in total. The molecule has 70 valence electrons. The van der Waals surface area contributed by atoms with Crippen LogP contribution in [0.3, 0.4) is 0 Å². The quantitative estimate of drug-likeness (QED) is 0.564. The van der Waals surface area contributed by atoms with Crippen LogP contribution in [0, 0.1) is 0 Å². The normalized spacial score (nSPS) is 14.7. The van der Waals surface area contributed by atoms with Gasteiger partial charge in [-0.2, -0.15) is 0 Å². The minimum Gasteiger partial charge on any atom is -0.395 e. The zero-order chi connectivity index (χ0) is 9.28. The van der Waals surface area contributed by atoms with Crippen molar-refractivity contribution < 1.29 is 5.11 Å². The van der Waals surface area contributed by atoms with Gasteiger partial charge in [0.1, 0.15) is 0 Å². The number of aliphatic hydroxyl groups is 1. The van der Waals surface area contributed by atoms with E-state index in [4.69, 9.17) is 16.6 Å². The lowest BCUT2D eigenvalue weighted by molar-refractivity contribution is 0.263. The maximum absolute atomic E-state index is 8.21. The van der Waals surface area contributed by atoms with E-state index in [2.05, 4.69) is 6.92 Å². The van der Waals surface area contributed by atoms with Crippen molar-refractivity contribution in [1.82, 2.24) is 0 Å². The van der Waals surface area contributed by atoms with Crippen LogP contribution in [0.25, 0.3) is 0 Å². The number of aliphatic hydroxyl groups excluding tert-OH is 1. The smallest absolute Gasteiger partial charge is 0.0582 e. The SMILES string of the molecule is CCC(C)N.CCC(N)CO. The highest BCUT2D eigenvalue weighted by Gasteiger charge is 1.90. The Balaban J connectivity index is 0. The molecule has 0 amide bonds. The second-order valence-electron chi connectivity index (χ2n) is 2.74. The van der Waals surface area contributed by atoms with E-state index in [-0.39, 0.29) is 12.6 Å². The molecule has 0 heterocycles. The van der Waals surface area contributed by atoms with Crippen molar-refractivity contribution >= 4 is 0 Å². The standard InChI is InChI=1S/C4H11NO.C4H11N/c1-2-4(5)3-6;1-3-4(2)5/h4,6H,2-3,5H2,1H3;4H,3,5H2,1-2H3. The zero-order valence-corrected chi connectivity index (χ0v) is 7.88. The van der Waals surface area contributed by atoms with Gasteiger partial charge in [0.15, 0.2) is 0 Å². The minimum absolute atomic E-state index is 0.00926. The molecular formula is C8H22N2O. The molecule has 0 aromatic carbocycles. The van der Waals surface area contributed by atoms with Crippen LogP contribution in [0.5, 0.6) is 0 Å². The van der Waals surface area contributed by atoms with E-state index >= 15 is 0 Å². The summed E-state index contributed by atoms with van der Waals surface area (Å²) in [6.45, 7) is 6.13. The highest BCUT2D eigenvalue weighted by atomic mass is 16.3. The molecule has 0 saturated carbocycles. The van der Waals surface area contributed by atoms with Gasteiger partial charge in [0.2, 0.25) is 0 Å². The molecule has 0 rings (SSSR count). The molecule has 0 radical (unpaired) electrons. The molecule has 0 aromatic heterocycles. The van der Waals surface area contributed by atoms with Gasteiger partial charge in [-0.05, 0) is 19.8 Å². The van der Waals surface area contributed by atoms with E-state index in [1.165, 1.54) is 0 Å². The monoisotopic (exact) mass is 162 g/mol. The van der Waals surface area contributed by atoms with Crippen LogP contribution >= 0.6 is 0 Å². The molecule has 0 fully saturated rings. The highest BCUT2D eigenvalue weighted by molar-refractivity contribution is 4.51. The van der Waals surface area contributed by atoms with Crippen molar-refractivity contribution in [3.8, 4) is 0 Å². The first-order valence-corrected chi connectivity index (χ1v) is 4.20. The number of hydrogen-bond donors (Lipinski definition) is 3. The van der Waals surface area contributed by atoms with Crippen LogP contribution < -0.4 is 11.5 Å². The Labute approximate surface area is 69.8 Å². The predicted molar refractivity (Wildman–Crippen MR) is 49.3 cm³/mol. The third kappa shape index (κ3) is 17.7. The van der Waals surface area contributed by atoms with Gasteiger partial charge in [0.25, 0.3) is 0 Å². The Morgan fingerprint density at radius 3 is 1.55 bits per heavy atom. The first-order chi connectivity index (χ1) is 5.08. The average Bonchev–Trinajstić information content (AvgIpc) is 2.04. The van der Waals surface area contributed by atoms with Crippen LogP contribution in [0.4, 0.5) is 0 Å². The summed E-state index contributed by atoms with van der Waals surface area (Å²) >= 11 is 0. The van der Waals surface area contributed by atoms with Crippen LogP contribution in [0.1, 0.15) is 33.6 Å². The largest absolute Gasteiger partial charge is 0.395 e. The fourth-order valence-corrected chi connectivity index (χ4v) is 0.129. The first-order valence-electron chi connectivity index (χ1n) is 4.20. The molecular weight excluding hydrogens is 140 g/mol. The third-order valence-corrected chi connectivity index (χ3v) is 1.40. The second-order valence-corrected chi connectivity index (χ2v) is 2.74. The van der Waals surface area contributed by atoms with Crippen LogP contribution in [0.2, 0.25) is 0 Å². The first kappa shape index (κ1) is 13.5. The Hall–Kier alpha value is -0.120. The Morgan fingerprint density at radius 1 is 1.18 bits per heavy atom. The Kier molecular flexibility index (Phi) is 12.1. The van der Waals surface area contributed by atoms with E-state index in [1.54, 1.807) is 0 Å². The summed E-state index contributed by atoms with van der Waals surface area (Å²) in [5, 5.41) is 8.21. The van der Waals surface area contributed by atoms with Gasteiger partial charge in [0, 0.05) is 12.1 Å². The van der Waals surface area contributed by atoms with E-state index in [0.717, 1.165) is 12.8 Å². The lowest BCUT2D eigenvalue weighted by atomic mass is 10.3. The lowest BCUT2D eigenvalue weighted by Gasteiger charge is -1.98. The lowest BCUT2D eigenvalue weighted by Crippen LogP contribution is -2.22. The molecule has 11 heavy (non-hydrogen) atoms. The molecule has 3 heteroatoms. The molecule has 2 unspecified atom stereocenters. The molecule has 3 nitrogen and oxygen atoms in total. The van der Waals surface area contributed by atoms with E-state index in [9.17, 15) is 0 Å². The summed E-state index contributed by atoms with van der Waals surface area (Å²) in [5.74, 6) is 0. The molecule has 0 spiro atoms. The highest BCUT2D eigenvalue weighted by Crippen LogP contribution is 1.79. The summed E-state index contributed by atoms with van der Waals surface area (Å²) in [7, 11) is 0. The Bertz CT molecular complexity index is 63.1. The van der Waals surface area contributed by atoms with Gasteiger partial charge in [-0.15, -0.1) is 0 Å². The van der Waals surface area contributed by atoms with Gasteiger partial charge in [-0.25, -0.2) is 0 Å². The van der Waals surface area contributed by atoms with Gasteiger partial charge < -0.3 is 16.6 Å². The van der Waals surface area contributed by atoms with Crippen molar-refractivity contribution in [3.05, 3.63) is 0 Å². The number of rotatable bonds is 3. The zero-order valence-electron chi connectivity index (χ0n) is 7.88. The Morgan fingerprint density at radius 2 is 1.55 bits per heavy atom. The van der Waals surface area contributed by atoms with E-state index in [1.807, 2.05) is 13.8 Å². The maximum Gasteiger partial charge on any atom is 0.0582 e. The van der Waals surface area contributed by atoms with Crippen molar-refractivity contribution in [1.29, 1.82) is 0 Å². The van der Waals surface area contributed by atoms with E-state index in [0.29, 0.717) is 6.04 Å². The number of nitrogens with two attached hydrogens (primary N) is 2. The summed E-state index contributed by atoms with van der Waals surface area (Å²) in [6.07, 6.45) is 1.94. The molecule has 0 bridgehead atoms. The van der Waals surface area contributed by atoms with E-state index < -0.39 is 0 Å². The summed E-state index contributed by atoms with van der Waals surface area (Å²) in [6, 6.07) is 0.375. The predicted octanol–water partition coefficient (Wildman–Crippen LogP) is 0.460. The molecule has 0 saturated heterocycles. The van der Waals surface area contributed by atoms with Gasteiger partial charge in [-0.3, -0.25) is 0 Å².